The van der Waals surface area contributed by atoms with Crippen molar-refractivity contribution in [3.63, 3.8) is 0 Å². The molecule has 4 rings (SSSR count). The van der Waals surface area contributed by atoms with Gasteiger partial charge in [-0.05, 0) is 43.8 Å². The lowest BCUT2D eigenvalue weighted by molar-refractivity contribution is -0.122. The van der Waals surface area contributed by atoms with E-state index in [4.69, 9.17) is 4.42 Å². The zero-order valence-electron chi connectivity index (χ0n) is 16.3. The molecule has 0 saturated carbocycles. The van der Waals surface area contributed by atoms with E-state index in [1.165, 1.54) is 12.3 Å². The number of imide groups is 1. The fraction of sp³-hybridized carbons (Fsp3) is 0.130. The third kappa shape index (κ3) is 3.71. The van der Waals surface area contributed by atoms with Gasteiger partial charge in [0.25, 0.3) is 11.1 Å². The van der Waals surface area contributed by atoms with Crippen LogP contribution in [0.5, 0.6) is 0 Å². The summed E-state index contributed by atoms with van der Waals surface area (Å²) in [5.41, 5.74) is 2.66. The number of Topliss-reactive ketones (excluding diaryl/α,β-unsaturated/α-hetero) is 1. The molecule has 0 atom stereocenters. The number of rotatable bonds is 4. The maximum absolute atomic E-state index is 12.8. The number of hydrogen-bond donors (Lipinski definition) is 0. The smallest absolute Gasteiger partial charge is 0.293 e. The molecule has 3 aromatic rings. The summed E-state index contributed by atoms with van der Waals surface area (Å²) in [6.07, 6.45) is 2.61. The number of fused-ring (bicyclic) bond motifs is 1. The average Bonchev–Trinajstić information content (AvgIpc) is 2.98. The Morgan fingerprint density at radius 3 is 2.47 bits per heavy atom. The molecule has 6 nitrogen and oxygen atoms in total. The molecule has 7 heteroatoms. The molecule has 1 aromatic heterocycles. The van der Waals surface area contributed by atoms with E-state index in [0.717, 1.165) is 16.0 Å². The van der Waals surface area contributed by atoms with Crippen molar-refractivity contribution in [3.05, 3.63) is 86.1 Å². The summed E-state index contributed by atoms with van der Waals surface area (Å²) in [6, 6.07) is 12.2. The first kappa shape index (κ1) is 19.8. The Hall–Kier alpha value is -3.45. The first-order valence-electron chi connectivity index (χ1n) is 9.21. The molecule has 1 aliphatic rings. The van der Waals surface area contributed by atoms with E-state index >= 15 is 0 Å². The number of benzene rings is 2. The summed E-state index contributed by atoms with van der Waals surface area (Å²) in [5, 5.41) is -0.148. The predicted octanol–water partition coefficient (Wildman–Crippen LogP) is 4.33. The van der Waals surface area contributed by atoms with Crippen molar-refractivity contribution in [1.29, 1.82) is 0 Å². The molecule has 1 aliphatic heterocycles. The van der Waals surface area contributed by atoms with Gasteiger partial charge in [-0.2, -0.15) is 0 Å². The number of aryl methyl sites for hydroxylation is 2. The van der Waals surface area contributed by atoms with Crippen LogP contribution in [0.3, 0.4) is 0 Å². The van der Waals surface area contributed by atoms with Crippen LogP contribution in [0.15, 0.2) is 62.8 Å². The normalized spacial score (nSPS) is 15.4. The molecule has 0 N–H and O–H groups in total. The lowest BCUT2D eigenvalue weighted by Crippen LogP contribution is -2.33. The Morgan fingerprint density at radius 1 is 1.03 bits per heavy atom. The number of hydrogen-bond acceptors (Lipinski definition) is 6. The summed E-state index contributed by atoms with van der Waals surface area (Å²) in [7, 11) is 0. The van der Waals surface area contributed by atoms with Crippen LogP contribution in [0.4, 0.5) is 4.79 Å². The highest BCUT2D eigenvalue weighted by Crippen LogP contribution is 2.32. The predicted molar refractivity (Wildman–Crippen MR) is 115 cm³/mol. The SMILES string of the molecule is Cc1ccc(C(=O)CN2C(=O)S/C(=C\c3coc4ccc(C)cc4c3=O)C2=O)cc1. The summed E-state index contributed by atoms with van der Waals surface area (Å²) in [6.45, 7) is 3.42. The lowest BCUT2D eigenvalue weighted by atomic mass is 10.1. The van der Waals surface area contributed by atoms with E-state index in [-0.39, 0.29) is 28.2 Å². The Bertz CT molecular complexity index is 1290. The van der Waals surface area contributed by atoms with Gasteiger partial charge in [-0.15, -0.1) is 0 Å². The van der Waals surface area contributed by atoms with E-state index in [2.05, 4.69) is 0 Å². The topological polar surface area (TPSA) is 84.7 Å². The monoisotopic (exact) mass is 419 g/mol. The van der Waals surface area contributed by atoms with Gasteiger partial charge in [-0.1, -0.05) is 41.5 Å². The van der Waals surface area contributed by atoms with Crippen LogP contribution in [-0.4, -0.2) is 28.4 Å². The van der Waals surface area contributed by atoms with E-state index in [9.17, 15) is 19.2 Å². The molecule has 30 heavy (non-hydrogen) atoms. The van der Waals surface area contributed by atoms with Crippen molar-refractivity contribution in [2.75, 3.05) is 6.54 Å². The van der Waals surface area contributed by atoms with Gasteiger partial charge in [-0.25, -0.2) is 0 Å². The number of amides is 2. The number of carbonyl (C=O) groups excluding carboxylic acids is 3. The minimum atomic E-state index is -0.603. The van der Waals surface area contributed by atoms with E-state index in [1.807, 2.05) is 19.9 Å². The molecule has 0 aliphatic carbocycles. The highest BCUT2D eigenvalue weighted by molar-refractivity contribution is 8.18. The van der Waals surface area contributed by atoms with E-state index in [0.29, 0.717) is 28.3 Å². The third-order valence-corrected chi connectivity index (χ3v) is 5.70. The largest absolute Gasteiger partial charge is 0.463 e. The van der Waals surface area contributed by atoms with Crippen LogP contribution in [0, 0.1) is 13.8 Å². The van der Waals surface area contributed by atoms with Crippen LogP contribution < -0.4 is 5.43 Å². The fourth-order valence-corrected chi connectivity index (χ4v) is 3.94. The van der Waals surface area contributed by atoms with Crippen LogP contribution >= 0.6 is 11.8 Å². The van der Waals surface area contributed by atoms with Crippen LogP contribution in [0.1, 0.15) is 27.0 Å². The van der Waals surface area contributed by atoms with Crippen molar-refractivity contribution in [3.8, 4) is 0 Å². The molecule has 0 bridgehead atoms. The van der Waals surface area contributed by atoms with Gasteiger partial charge < -0.3 is 4.42 Å². The highest BCUT2D eigenvalue weighted by Gasteiger charge is 2.36. The summed E-state index contributed by atoms with van der Waals surface area (Å²) < 4.78 is 5.49. The van der Waals surface area contributed by atoms with Gasteiger partial charge in [-0.3, -0.25) is 24.1 Å². The van der Waals surface area contributed by atoms with Gasteiger partial charge in [0.05, 0.1) is 22.4 Å². The minimum Gasteiger partial charge on any atom is -0.463 e. The number of nitrogens with zero attached hydrogens (tertiary/aromatic N) is 1. The number of thioether (sulfide) groups is 1. The highest BCUT2D eigenvalue weighted by atomic mass is 32.2. The molecule has 0 unspecified atom stereocenters. The van der Waals surface area contributed by atoms with Crippen molar-refractivity contribution >= 4 is 45.7 Å². The minimum absolute atomic E-state index is 0.0796. The van der Waals surface area contributed by atoms with Gasteiger partial charge in [0.2, 0.25) is 0 Å². The number of ketones is 1. The van der Waals surface area contributed by atoms with E-state index < -0.39 is 11.1 Å². The average molecular weight is 419 g/mol. The Balaban J connectivity index is 1.61. The molecule has 2 heterocycles. The van der Waals surface area contributed by atoms with Crippen molar-refractivity contribution in [2.45, 2.75) is 13.8 Å². The van der Waals surface area contributed by atoms with Gasteiger partial charge in [0, 0.05) is 5.56 Å². The second-order valence-electron chi connectivity index (χ2n) is 7.08. The zero-order valence-corrected chi connectivity index (χ0v) is 17.1. The quantitative estimate of drug-likeness (QED) is 0.462. The standard InChI is InChI=1S/C23H17NO5S/c1-13-3-6-15(7-4-13)18(25)11-24-22(27)20(30-23(24)28)10-16-12-29-19-8-5-14(2)9-17(19)21(16)26/h3-10,12H,11H2,1-2H3/b20-10-. The summed E-state index contributed by atoms with van der Waals surface area (Å²) in [4.78, 5) is 51.2. The second kappa shape index (κ2) is 7.76. The van der Waals surface area contributed by atoms with Crippen molar-refractivity contribution in [1.82, 2.24) is 4.90 Å². The molecule has 1 saturated heterocycles. The summed E-state index contributed by atoms with van der Waals surface area (Å²) >= 11 is 0.699. The zero-order chi connectivity index (χ0) is 21.4. The van der Waals surface area contributed by atoms with Gasteiger partial charge >= 0.3 is 0 Å². The fourth-order valence-electron chi connectivity index (χ4n) is 3.11. The molecular weight excluding hydrogens is 402 g/mol. The van der Waals surface area contributed by atoms with Gasteiger partial charge in [0.15, 0.2) is 11.2 Å². The molecule has 150 valence electrons. The summed E-state index contributed by atoms with van der Waals surface area (Å²) in [5.74, 6) is -0.937. The van der Waals surface area contributed by atoms with Crippen LogP contribution in [0.25, 0.3) is 17.0 Å². The number of carbonyl (C=O) groups is 3. The van der Waals surface area contributed by atoms with E-state index in [1.54, 1.807) is 36.4 Å². The third-order valence-electron chi connectivity index (χ3n) is 4.79. The second-order valence-corrected chi connectivity index (χ2v) is 8.07. The van der Waals surface area contributed by atoms with Crippen LogP contribution in [0.2, 0.25) is 0 Å². The van der Waals surface area contributed by atoms with Crippen molar-refractivity contribution in [2.24, 2.45) is 0 Å². The first-order chi connectivity index (χ1) is 14.3. The van der Waals surface area contributed by atoms with Crippen molar-refractivity contribution < 1.29 is 18.8 Å². The Morgan fingerprint density at radius 2 is 1.73 bits per heavy atom. The molecule has 0 radical (unpaired) electrons. The van der Waals surface area contributed by atoms with Gasteiger partial charge in [0.1, 0.15) is 11.8 Å². The Labute approximate surface area is 176 Å². The molecular formula is C23H17NO5S. The molecule has 0 spiro atoms. The first-order valence-corrected chi connectivity index (χ1v) is 10.0. The van der Waals surface area contributed by atoms with Crippen LogP contribution in [-0.2, 0) is 4.79 Å². The molecule has 2 aromatic carbocycles. The lowest BCUT2D eigenvalue weighted by Gasteiger charge is -2.11. The Kier molecular flexibility index (Phi) is 5.13. The molecule has 2 amide bonds. The maximum atomic E-state index is 12.8. The molecule has 1 fully saturated rings. The maximum Gasteiger partial charge on any atom is 0.293 e.